The van der Waals surface area contributed by atoms with Crippen LogP contribution in [0.25, 0.3) is 5.82 Å². The van der Waals surface area contributed by atoms with Gasteiger partial charge >= 0.3 is 0 Å². The second kappa shape index (κ2) is 8.17. The summed E-state index contributed by atoms with van der Waals surface area (Å²) in [6.45, 7) is 1.81. The fraction of sp³-hybridized carbons (Fsp3) is 0.0476. The number of sulfonamides is 1. The van der Waals surface area contributed by atoms with E-state index in [-0.39, 0.29) is 4.90 Å². The minimum Gasteiger partial charge on any atom is -0.439 e. The molecule has 4 aromatic rings. The zero-order valence-electron chi connectivity index (χ0n) is 15.9. The molecule has 2 aromatic heterocycles. The summed E-state index contributed by atoms with van der Waals surface area (Å²) < 4.78 is 35.3. The van der Waals surface area contributed by atoms with Gasteiger partial charge in [-0.15, -0.1) is 0 Å². The Morgan fingerprint density at radius 2 is 1.73 bits per heavy atom. The van der Waals surface area contributed by atoms with Crippen LogP contribution in [-0.4, -0.2) is 23.0 Å². The number of aryl methyl sites for hydroxylation is 1. The predicted octanol–water partition coefficient (Wildman–Crippen LogP) is 4.82. The first-order chi connectivity index (χ1) is 14.4. The summed E-state index contributed by atoms with van der Waals surface area (Å²) in [7, 11) is -3.75. The van der Waals surface area contributed by atoms with Gasteiger partial charge < -0.3 is 9.30 Å². The lowest BCUT2D eigenvalue weighted by atomic mass is 10.2. The summed E-state index contributed by atoms with van der Waals surface area (Å²) in [5.41, 5.74) is 1.21. The molecule has 0 saturated carbocycles. The predicted molar refractivity (Wildman–Crippen MR) is 115 cm³/mol. The molecule has 7 nitrogen and oxygen atoms in total. The van der Waals surface area contributed by atoms with Crippen LogP contribution < -0.4 is 9.46 Å². The van der Waals surface area contributed by atoms with E-state index in [1.54, 1.807) is 36.4 Å². The minimum absolute atomic E-state index is 0.0944. The molecule has 2 aromatic carbocycles. The van der Waals surface area contributed by atoms with Gasteiger partial charge in [0.05, 0.1) is 4.90 Å². The molecule has 0 spiro atoms. The molecule has 2 heterocycles. The van der Waals surface area contributed by atoms with Gasteiger partial charge in [0, 0.05) is 29.2 Å². The van der Waals surface area contributed by atoms with Crippen LogP contribution in [0.4, 0.5) is 5.69 Å². The van der Waals surface area contributed by atoms with E-state index in [1.807, 2.05) is 36.0 Å². The largest absolute Gasteiger partial charge is 0.439 e. The highest BCUT2D eigenvalue weighted by Gasteiger charge is 2.15. The monoisotopic (exact) mass is 440 g/mol. The number of rotatable bonds is 6. The maximum absolute atomic E-state index is 12.6. The maximum atomic E-state index is 12.6. The van der Waals surface area contributed by atoms with Crippen molar-refractivity contribution in [2.75, 3.05) is 4.72 Å². The van der Waals surface area contributed by atoms with Crippen LogP contribution in [0, 0.1) is 6.92 Å². The van der Waals surface area contributed by atoms with Gasteiger partial charge in [0.2, 0.25) is 5.88 Å². The van der Waals surface area contributed by atoms with Crippen LogP contribution in [-0.2, 0) is 10.0 Å². The normalized spacial score (nSPS) is 11.3. The fourth-order valence-electron chi connectivity index (χ4n) is 2.68. The van der Waals surface area contributed by atoms with Crippen LogP contribution in [0.1, 0.15) is 5.56 Å². The summed E-state index contributed by atoms with van der Waals surface area (Å²) in [5.74, 6) is 1.55. The zero-order chi connectivity index (χ0) is 21.1. The van der Waals surface area contributed by atoms with Gasteiger partial charge in [0.25, 0.3) is 10.0 Å². The third-order valence-electron chi connectivity index (χ3n) is 4.28. The van der Waals surface area contributed by atoms with Crippen molar-refractivity contribution in [3.63, 3.8) is 0 Å². The van der Waals surface area contributed by atoms with Crippen LogP contribution >= 0.6 is 11.6 Å². The van der Waals surface area contributed by atoms with Crippen molar-refractivity contribution in [1.29, 1.82) is 0 Å². The average molecular weight is 441 g/mol. The van der Waals surface area contributed by atoms with Gasteiger partial charge in [-0.1, -0.05) is 17.7 Å². The van der Waals surface area contributed by atoms with Gasteiger partial charge in [-0.3, -0.25) is 4.72 Å². The average Bonchev–Trinajstić information content (AvgIpc) is 3.26. The van der Waals surface area contributed by atoms with E-state index in [1.165, 1.54) is 18.5 Å². The van der Waals surface area contributed by atoms with Gasteiger partial charge in [-0.2, -0.15) is 0 Å². The van der Waals surface area contributed by atoms with Gasteiger partial charge in [0.1, 0.15) is 17.9 Å². The van der Waals surface area contributed by atoms with Crippen LogP contribution in [0.15, 0.2) is 84.3 Å². The quantitative estimate of drug-likeness (QED) is 0.464. The molecule has 0 aliphatic carbocycles. The number of halogens is 1. The van der Waals surface area contributed by atoms with E-state index in [0.717, 1.165) is 5.56 Å². The van der Waals surface area contributed by atoms with E-state index in [2.05, 4.69) is 14.7 Å². The fourth-order valence-corrected chi connectivity index (χ4v) is 4.01. The number of nitrogens with one attached hydrogen (secondary N) is 1. The molecule has 0 fully saturated rings. The van der Waals surface area contributed by atoms with Crippen molar-refractivity contribution in [2.45, 2.75) is 11.8 Å². The standard InChI is InChI=1S/C21H17ClN4O3S/c1-15-4-9-18(12-19(15)22)30(27,28)25-16-5-7-17(8-6-16)29-21-13-20(23-14-24-21)26-10-2-3-11-26/h2-14,25H,1H3. The lowest BCUT2D eigenvalue weighted by Crippen LogP contribution is -2.12. The van der Waals surface area contributed by atoms with Gasteiger partial charge in [-0.25, -0.2) is 18.4 Å². The first-order valence-electron chi connectivity index (χ1n) is 8.93. The first kappa shape index (κ1) is 19.9. The van der Waals surface area contributed by atoms with E-state index >= 15 is 0 Å². The van der Waals surface area contributed by atoms with Crippen LogP contribution in [0.2, 0.25) is 5.02 Å². The maximum Gasteiger partial charge on any atom is 0.261 e. The molecule has 0 aliphatic heterocycles. The third kappa shape index (κ3) is 4.45. The number of anilines is 1. The van der Waals surface area contributed by atoms with Crippen molar-refractivity contribution < 1.29 is 13.2 Å². The van der Waals surface area contributed by atoms with E-state index in [0.29, 0.717) is 28.2 Å². The van der Waals surface area contributed by atoms with Gasteiger partial charge in [0.15, 0.2) is 0 Å². The number of aromatic nitrogens is 3. The molecule has 0 unspecified atom stereocenters. The highest BCUT2D eigenvalue weighted by Crippen LogP contribution is 2.25. The molecule has 1 N–H and O–H groups in total. The minimum atomic E-state index is -3.75. The number of benzene rings is 2. The molecule has 0 radical (unpaired) electrons. The highest BCUT2D eigenvalue weighted by molar-refractivity contribution is 7.92. The van der Waals surface area contributed by atoms with Crippen LogP contribution in [0.5, 0.6) is 11.6 Å². The SMILES string of the molecule is Cc1ccc(S(=O)(=O)Nc2ccc(Oc3cc(-n4cccc4)ncn3)cc2)cc1Cl. The van der Waals surface area contributed by atoms with Crippen molar-refractivity contribution in [3.05, 3.63) is 90.0 Å². The summed E-state index contributed by atoms with van der Waals surface area (Å²) in [6.07, 6.45) is 5.16. The molecule has 0 bridgehead atoms. The smallest absolute Gasteiger partial charge is 0.261 e. The van der Waals surface area contributed by atoms with Gasteiger partial charge in [-0.05, 0) is 61.0 Å². The Balaban J connectivity index is 1.48. The topological polar surface area (TPSA) is 86.1 Å². The Hall–Kier alpha value is -3.36. The van der Waals surface area contributed by atoms with Crippen LogP contribution in [0.3, 0.4) is 0 Å². The number of nitrogens with zero attached hydrogens (tertiary/aromatic N) is 3. The molecule has 0 amide bonds. The third-order valence-corrected chi connectivity index (χ3v) is 6.07. The second-order valence-corrected chi connectivity index (χ2v) is 8.54. The summed E-state index contributed by atoms with van der Waals surface area (Å²) in [4.78, 5) is 8.41. The Labute approximate surface area is 179 Å². The Bertz CT molecular complexity index is 1270. The zero-order valence-corrected chi connectivity index (χ0v) is 17.4. The molecular weight excluding hydrogens is 424 g/mol. The summed E-state index contributed by atoms with van der Waals surface area (Å²) in [5, 5.41) is 0.394. The van der Waals surface area contributed by atoms with Crippen molar-refractivity contribution >= 4 is 27.3 Å². The van der Waals surface area contributed by atoms with E-state index in [4.69, 9.17) is 16.3 Å². The molecule has 30 heavy (non-hydrogen) atoms. The lowest BCUT2D eigenvalue weighted by Gasteiger charge is -2.10. The number of hydrogen-bond donors (Lipinski definition) is 1. The molecule has 0 saturated heterocycles. The summed E-state index contributed by atoms with van der Waals surface area (Å²) in [6, 6.07) is 16.6. The lowest BCUT2D eigenvalue weighted by molar-refractivity contribution is 0.461. The molecule has 152 valence electrons. The Kier molecular flexibility index (Phi) is 5.43. The molecule has 9 heteroatoms. The first-order valence-corrected chi connectivity index (χ1v) is 10.8. The Morgan fingerprint density at radius 1 is 1.00 bits per heavy atom. The van der Waals surface area contributed by atoms with Crippen molar-refractivity contribution in [3.8, 4) is 17.4 Å². The Morgan fingerprint density at radius 3 is 2.43 bits per heavy atom. The molecule has 0 atom stereocenters. The van der Waals surface area contributed by atoms with E-state index < -0.39 is 10.0 Å². The van der Waals surface area contributed by atoms with Crippen molar-refractivity contribution in [2.24, 2.45) is 0 Å². The molecular formula is C21H17ClN4O3S. The highest BCUT2D eigenvalue weighted by atomic mass is 35.5. The number of hydrogen-bond acceptors (Lipinski definition) is 5. The summed E-state index contributed by atoms with van der Waals surface area (Å²) >= 11 is 6.04. The molecule has 4 rings (SSSR count). The second-order valence-electron chi connectivity index (χ2n) is 6.45. The number of ether oxygens (including phenoxy) is 1. The molecule has 0 aliphatic rings. The van der Waals surface area contributed by atoms with Crippen molar-refractivity contribution in [1.82, 2.24) is 14.5 Å². The van der Waals surface area contributed by atoms with E-state index in [9.17, 15) is 8.42 Å².